The van der Waals surface area contributed by atoms with E-state index in [1.807, 2.05) is 60.7 Å². The van der Waals surface area contributed by atoms with Crippen molar-refractivity contribution in [2.75, 3.05) is 25.4 Å². The van der Waals surface area contributed by atoms with Gasteiger partial charge in [0, 0.05) is 36.9 Å². The minimum absolute atomic E-state index is 0.0293. The van der Waals surface area contributed by atoms with Crippen molar-refractivity contribution in [3.63, 3.8) is 0 Å². The second-order valence-corrected chi connectivity index (χ2v) is 11.7. The topological polar surface area (TPSA) is 108 Å². The Bertz CT molecular complexity index is 1450. The van der Waals surface area contributed by atoms with Gasteiger partial charge in [-0.25, -0.2) is 13.4 Å². The average Bonchev–Trinajstić information content (AvgIpc) is 3.40. The van der Waals surface area contributed by atoms with Crippen LogP contribution in [0.4, 0.5) is 0 Å². The van der Waals surface area contributed by atoms with Gasteiger partial charge < -0.3 is 5.32 Å². The van der Waals surface area contributed by atoms with E-state index in [4.69, 9.17) is 0 Å². The number of sulfonamides is 1. The Morgan fingerprint density at radius 1 is 1.00 bits per heavy atom. The van der Waals surface area contributed by atoms with Crippen molar-refractivity contribution in [3.05, 3.63) is 72.8 Å². The molecule has 1 amide bonds. The van der Waals surface area contributed by atoms with Crippen LogP contribution >= 0.6 is 11.8 Å². The maximum absolute atomic E-state index is 13.2. The molecule has 1 aliphatic heterocycles. The molecule has 0 radical (unpaired) electrons. The summed E-state index contributed by atoms with van der Waals surface area (Å²) in [5.41, 5.74) is 0.971. The van der Waals surface area contributed by atoms with Gasteiger partial charge in [-0.3, -0.25) is 9.89 Å². The van der Waals surface area contributed by atoms with Crippen LogP contribution in [0.1, 0.15) is 12.8 Å². The normalized spacial score (nSPS) is 15.2. The fourth-order valence-corrected chi connectivity index (χ4v) is 6.49. The Kier molecular flexibility index (Phi) is 7.35. The van der Waals surface area contributed by atoms with Gasteiger partial charge in [-0.1, -0.05) is 72.4 Å². The fourth-order valence-electron chi connectivity index (χ4n) is 4.33. The number of rotatable bonds is 8. The molecule has 0 spiro atoms. The number of aromatic amines is 1. The predicted molar refractivity (Wildman–Crippen MR) is 141 cm³/mol. The van der Waals surface area contributed by atoms with Crippen molar-refractivity contribution in [1.82, 2.24) is 24.8 Å². The monoisotopic (exact) mass is 521 g/mol. The number of hydrogen-bond acceptors (Lipinski definition) is 6. The minimum Gasteiger partial charge on any atom is -0.355 e. The molecular formula is C26H27N5O3S2. The maximum Gasteiger partial charge on any atom is 0.243 e. The molecule has 0 bridgehead atoms. The molecule has 1 fully saturated rings. The van der Waals surface area contributed by atoms with E-state index in [0.717, 1.165) is 16.3 Å². The standard InChI is InChI=1S/C26H27N5O3S2/c32-25(27-14-17-35-26-28-24(29-30-26)20-7-2-1-3-8-20)21-12-15-31(16-13-21)36(33,34)23-11-10-19-6-4-5-9-22(19)18-23/h1-11,18,21H,12-17H2,(H,27,32)(H,28,29,30). The summed E-state index contributed by atoms with van der Waals surface area (Å²) in [6.45, 7) is 1.16. The summed E-state index contributed by atoms with van der Waals surface area (Å²) in [6.07, 6.45) is 1.01. The molecule has 0 atom stereocenters. The van der Waals surface area contributed by atoms with Gasteiger partial charge in [-0.15, -0.1) is 5.10 Å². The summed E-state index contributed by atoms with van der Waals surface area (Å²) in [7, 11) is -3.59. The molecule has 10 heteroatoms. The van der Waals surface area contributed by atoms with Crippen LogP contribution in [0.2, 0.25) is 0 Å². The molecule has 3 aromatic carbocycles. The van der Waals surface area contributed by atoms with Gasteiger partial charge in [-0.2, -0.15) is 4.31 Å². The van der Waals surface area contributed by atoms with Crippen LogP contribution in [0.25, 0.3) is 22.2 Å². The van der Waals surface area contributed by atoms with Gasteiger partial charge in [0.15, 0.2) is 5.82 Å². The number of amides is 1. The molecule has 4 aromatic rings. The van der Waals surface area contributed by atoms with Crippen LogP contribution < -0.4 is 5.32 Å². The smallest absolute Gasteiger partial charge is 0.243 e. The van der Waals surface area contributed by atoms with Crippen molar-refractivity contribution in [2.24, 2.45) is 5.92 Å². The van der Waals surface area contributed by atoms with Gasteiger partial charge in [0.25, 0.3) is 0 Å². The zero-order valence-corrected chi connectivity index (χ0v) is 21.3. The molecule has 1 saturated heterocycles. The van der Waals surface area contributed by atoms with Crippen LogP contribution in [0.3, 0.4) is 0 Å². The van der Waals surface area contributed by atoms with Crippen LogP contribution in [-0.4, -0.2) is 59.2 Å². The number of carbonyl (C=O) groups is 1. The third kappa shape index (κ3) is 5.45. The van der Waals surface area contributed by atoms with E-state index in [0.29, 0.717) is 54.1 Å². The lowest BCUT2D eigenvalue weighted by atomic mass is 9.97. The highest BCUT2D eigenvalue weighted by Gasteiger charge is 2.32. The zero-order chi connectivity index (χ0) is 25.0. The zero-order valence-electron chi connectivity index (χ0n) is 19.6. The lowest BCUT2D eigenvalue weighted by Gasteiger charge is -2.30. The van der Waals surface area contributed by atoms with Gasteiger partial charge in [0.1, 0.15) is 0 Å². The summed E-state index contributed by atoms with van der Waals surface area (Å²) in [5, 5.41) is 12.7. The Hall–Kier alpha value is -3.21. The Balaban J connectivity index is 1.08. The highest BCUT2D eigenvalue weighted by atomic mass is 32.2. The van der Waals surface area contributed by atoms with E-state index < -0.39 is 10.0 Å². The van der Waals surface area contributed by atoms with E-state index in [1.165, 1.54) is 16.1 Å². The van der Waals surface area contributed by atoms with Crippen molar-refractivity contribution >= 4 is 38.5 Å². The molecule has 0 aliphatic carbocycles. The molecule has 2 heterocycles. The lowest BCUT2D eigenvalue weighted by Crippen LogP contribution is -2.43. The van der Waals surface area contributed by atoms with Gasteiger partial charge in [-0.05, 0) is 35.7 Å². The predicted octanol–water partition coefficient (Wildman–Crippen LogP) is 3.93. The third-order valence-corrected chi connectivity index (χ3v) is 9.07. The molecule has 1 aromatic heterocycles. The number of aromatic nitrogens is 3. The van der Waals surface area contributed by atoms with Crippen LogP contribution in [0, 0.1) is 5.92 Å². The summed E-state index contributed by atoms with van der Waals surface area (Å²) >= 11 is 1.47. The molecule has 1 aliphatic rings. The molecule has 36 heavy (non-hydrogen) atoms. The van der Waals surface area contributed by atoms with Crippen LogP contribution in [-0.2, 0) is 14.8 Å². The van der Waals surface area contributed by atoms with E-state index in [1.54, 1.807) is 12.1 Å². The summed E-state index contributed by atoms with van der Waals surface area (Å²) in [5.74, 6) is 1.14. The van der Waals surface area contributed by atoms with Crippen LogP contribution in [0.15, 0.2) is 82.8 Å². The molecule has 8 nitrogen and oxygen atoms in total. The average molecular weight is 522 g/mol. The van der Waals surface area contributed by atoms with Gasteiger partial charge in [0.05, 0.1) is 4.90 Å². The lowest BCUT2D eigenvalue weighted by molar-refractivity contribution is -0.125. The SMILES string of the molecule is O=C(NCCSc1n[nH]c(-c2ccccc2)n1)C1CCN(S(=O)(=O)c2ccc3ccccc3c2)CC1. The van der Waals surface area contributed by atoms with Gasteiger partial charge in [0.2, 0.25) is 21.1 Å². The molecular weight excluding hydrogens is 494 g/mol. The van der Waals surface area contributed by atoms with Gasteiger partial charge >= 0.3 is 0 Å². The number of hydrogen-bond donors (Lipinski definition) is 2. The highest BCUT2D eigenvalue weighted by molar-refractivity contribution is 7.99. The Morgan fingerprint density at radius 2 is 1.72 bits per heavy atom. The highest BCUT2D eigenvalue weighted by Crippen LogP contribution is 2.26. The summed E-state index contributed by atoms with van der Waals surface area (Å²) in [6, 6.07) is 22.7. The molecule has 186 valence electrons. The second kappa shape index (κ2) is 10.8. The largest absolute Gasteiger partial charge is 0.355 e. The Morgan fingerprint density at radius 3 is 2.50 bits per heavy atom. The number of nitrogens with one attached hydrogen (secondary N) is 2. The van der Waals surface area contributed by atoms with Crippen molar-refractivity contribution in [3.8, 4) is 11.4 Å². The molecule has 5 rings (SSSR count). The molecule has 0 unspecified atom stereocenters. The number of H-pyrrole nitrogens is 1. The van der Waals surface area contributed by atoms with Crippen LogP contribution in [0.5, 0.6) is 0 Å². The van der Waals surface area contributed by atoms with E-state index in [9.17, 15) is 13.2 Å². The van der Waals surface area contributed by atoms with E-state index >= 15 is 0 Å². The van der Waals surface area contributed by atoms with Crippen molar-refractivity contribution in [2.45, 2.75) is 22.9 Å². The first kappa shape index (κ1) is 24.5. The maximum atomic E-state index is 13.2. The summed E-state index contributed by atoms with van der Waals surface area (Å²) < 4.78 is 27.8. The summed E-state index contributed by atoms with van der Waals surface area (Å²) in [4.78, 5) is 17.4. The quantitative estimate of drug-likeness (QED) is 0.269. The van der Waals surface area contributed by atoms with E-state index in [-0.39, 0.29) is 11.8 Å². The number of carbonyl (C=O) groups excluding carboxylic acids is 1. The first-order valence-corrected chi connectivity index (χ1v) is 14.3. The number of nitrogens with zero attached hydrogens (tertiary/aromatic N) is 3. The van der Waals surface area contributed by atoms with Crippen molar-refractivity contribution in [1.29, 1.82) is 0 Å². The van der Waals surface area contributed by atoms with E-state index in [2.05, 4.69) is 20.5 Å². The van der Waals surface area contributed by atoms with Crippen molar-refractivity contribution < 1.29 is 13.2 Å². The minimum atomic E-state index is -3.59. The number of benzene rings is 3. The second-order valence-electron chi connectivity index (χ2n) is 8.66. The number of fused-ring (bicyclic) bond motifs is 1. The first-order chi connectivity index (χ1) is 17.5. The fraction of sp³-hybridized carbons (Fsp3) is 0.269. The number of piperidine rings is 1. The Labute approximate surface area is 214 Å². The molecule has 0 saturated carbocycles. The molecule has 2 N–H and O–H groups in total. The number of thioether (sulfide) groups is 1. The first-order valence-electron chi connectivity index (χ1n) is 11.9. The third-order valence-electron chi connectivity index (χ3n) is 6.33.